The number of fused-ring (bicyclic) bond motifs is 1. The molecule has 5 heteroatoms. The molecule has 2 N–H and O–H groups in total. The quantitative estimate of drug-likeness (QED) is 0.618. The monoisotopic (exact) mass is 425 g/mol. The van der Waals surface area contributed by atoms with Crippen molar-refractivity contribution in [3.05, 3.63) is 95.1 Å². The second-order valence-corrected chi connectivity index (χ2v) is 8.63. The highest BCUT2D eigenvalue weighted by Gasteiger charge is 2.27. The van der Waals surface area contributed by atoms with Crippen LogP contribution in [-0.4, -0.2) is 24.4 Å². The van der Waals surface area contributed by atoms with Crippen LogP contribution in [0.4, 0.5) is 11.4 Å². The summed E-state index contributed by atoms with van der Waals surface area (Å²) in [5.74, 6) is -0.162. The van der Waals surface area contributed by atoms with E-state index in [0.29, 0.717) is 17.7 Å². The van der Waals surface area contributed by atoms with Crippen LogP contribution < -0.4 is 15.5 Å². The minimum absolute atomic E-state index is 0.0690. The molecule has 1 saturated carbocycles. The summed E-state index contributed by atoms with van der Waals surface area (Å²) in [5, 5.41) is 6.07. The number of anilines is 2. The SMILES string of the molecule is O=C(Cc1ccccc1)Nc1ccc(N2CCc3ccccc3C2)c(C(=O)NC2CC2)c1. The summed E-state index contributed by atoms with van der Waals surface area (Å²) in [6.07, 6.45) is 3.32. The number of amides is 2. The number of carbonyl (C=O) groups is 2. The van der Waals surface area contributed by atoms with Crippen LogP contribution in [0.2, 0.25) is 0 Å². The average Bonchev–Trinajstić information content (AvgIpc) is 3.63. The van der Waals surface area contributed by atoms with Gasteiger partial charge in [0.1, 0.15) is 0 Å². The number of benzene rings is 3. The van der Waals surface area contributed by atoms with Crippen LogP contribution in [0.5, 0.6) is 0 Å². The van der Waals surface area contributed by atoms with Crippen LogP contribution in [0.15, 0.2) is 72.8 Å². The molecule has 1 aliphatic carbocycles. The van der Waals surface area contributed by atoms with E-state index in [1.54, 1.807) is 0 Å². The lowest BCUT2D eigenvalue weighted by molar-refractivity contribution is -0.115. The molecule has 0 atom stereocenters. The molecule has 1 aliphatic heterocycles. The first-order valence-electron chi connectivity index (χ1n) is 11.3. The fourth-order valence-electron chi connectivity index (χ4n) is 4.25. The van der Waals surface area contributed by atoms with E-state index in [0.717, 1.165) is 43.6 Å². The molecule has 0 bridgehead atoms. The first-order chi connectivity index (χ1) is 15.7. The number of nitrogens with zero attached hydrogens (tertiary/aromatic N) is 1. The van der Waals surface area contributed by atoms with Gasteiger partial charge < -0.3 is 15.5 Å². The van der Waals surface area contributed by atoms with E-state index >= 15 is 0 Å². The van der Waals surface area contributed by atoms with Crippen LogP contribution in [0.1, 0.15) is 39.9 Å². The normalized spacial score (nSPS) is 15.1. The highest BCUT2D eigenvalue weighted by molar-refractivity contribution is 6.02. The Morgan fingerprint density at radius 3 is 2.44 bits per heavy atom. The standard InChI is InChI=1S/C27H27N3O2/c31-26(16-19-6-2-1-3-7-19)28-23-12-13-25(24(17-23)27(32)29-22-10-11-22)30-15-14-20-8-4-5-9-21(20)18-30/h1-9,12-13,17,22H,10-11,14-16,18H2,(H,28,31)(H,29,32). The van der Waals surface area contributed by atoms with Crippen molar-refractivity contribution in [1.82, 2.24) is 5.32 Å². The summed E-state index contributed by atoms with van der Waals surface area (Å²) < 4.78 is 0. The van der Waals surface area contributed by atoms with Crippen LogP contribution >= 0.6 is 0 Å². The first kappa shape index (κ1) is 20.3. The Morgan fingerprint density at radius 2 is 1.66 bits per heavy atom. The number of carbonyl (C=O) groups excluding carboxylic acids is 2. The Balaban J connectivity index is 1.38. The van der Waals surface area contributed by atoms with Gasteiger partial charge in [-0.1, -0.05) is 54.6 Å². The van der Waals surface area contributed by atoms with E-state index < -0.39 is 0 Å². The van der Waals surface area contributed by atoms with Crippen molar-refractivity contribution >= 4 is 23.2 Å². The maximum Gasteiger partial charge on any atom is 0.253 e. The molecule has 162 valence electrons. The van der Waals surface area contributed by atoms with Crippen molar-refractivity contribution < 1.29 is 9.59 Å². The fraction of sp³-hybridized carbons (Fsp3) is 0.259. The molecule has 5 rings (SSSR count). The van der Waals surface area contributed by atoms with Crippen LogP contribution in [0, 0.1) is 0 Å². The predicted octanol–water partition coefficient (Wildman–Crippen LogP) is 4.32. The lowest BCUT2D eigenvalue weighted by Gasteiger charge is -2.32. The number of hydrogen-bond donors (Lipinski definition) is 2. The molecule has 1 fully saturated rings. The van der Waals surface area contributed by atoms with Crippen molar-refractivity contribution in [1.29, 1.82) is 0 Å². The van der Waals surface area contributed by atoms with Crippen molar-refractivity contribution in [2.45, 2.75) is 38.3 Å². The lowest BCUT2D eigenvalue weighted by atomic mass is 9.98. The maximum absolute atomic E-state index is 13.1. The Hall–Kier alpha value is -3.60. The van der Waals surface area contributed by atoms with Gasteiger partial charge in [-0.15, -0.1) is 0 Å². The van der Waals surface area contributed by atoms with Gasteiger partial charge in [0.15, 0.2) is 0 Å². The van der Waals surface area contributed by atoms with Gasteiger partial charge in [-0.25, -0.2) is 0 Å². The third-order valence-corrected chi connectivity index (χ3v) is 6.12. The van der Waals surface area contributed by atoms with Crippen molar-refractivity contribution in [3.63, 3.8) is 0 Å². The Bertz CT molecular complexity index is 1140. The molecule has 0 saturated heterocycles. The number of nitrogens with one attached hydrogen (secondary N) is 2. The highest BCUT2D eigenvalue weighted by atomic mass is 16.2. The van der Waals surface area contributed by atoms with Gasteiger partial charge in [0.25, 0.3) is 5.91 Å². The van der Waals surface area contributed by atoms with E-state index in [1.807, 2.05) is 48.5 Å². The first-order valence-corrected chi connectivity index (χ1v) is 11.3. The third-order valence-electron chi connectivity index (χ3n) is 6.12. The van der Waals surface area contributed by atoms with E-state index in [9.17, 15) is 9.59 Å². The Kier molecular flexibility index (Phi) is 5.63. The molecule has 1 heterocycles. The van der Waals surface area contributed by atoms with Gasteiger partial charge in [0.05, 0.1) is 12.0 Å². The molecule has 5 nitrogen and oxygen atoms in total. The molecule has 0 spiro atoms. The summed E-state index contributed by atoms with van der Waals surface area (Å²) in [6, 6.07) is 24.1. The third kappa shape index (κ3) is 4.67. The van der Waals surface area contributed by atoms with Gasteiger partial charge >= 0.3 is 0 Å². The summed E-state index contributed by atoms with van der Waals surface area (Å²) in [6.45, 7) is 1.64. The Morgan fingerprint density at radius 1 is 0.906 bits per heavy atom. The molecule has 0 aromatic heterocycles. The molecule has 3 aromatic rings. The van der Waals surface area contributed by atoms with E-state index in [-0.39, 0.29) is 17.9 Å². The average molecular weight is 426 g/mol. The molecule has 0 unspecified atom stereocenters. The molecule has 0 radical (unpaired) electrons. The van der Waals surface area contributed by atoms with Crippen molar-refractivity contribution in [3.8, 4) is 0 Å². The Labute approximate surface area is 188 Å². The minimum atomic E-state index is -0.0931. The second-order valence-electron chi connectivity index (χ2n) is 8.63. The summed E-state index contributed by atoms with van der Waals surface area (Å²) in [7, 11) is 0. The summed E-state index contributed by atoms with van der Waals surface area (Å²) >= 11 is 0. The number of hydrogen-bond acceptors (Lipinski definition) is 3. The molecule has 3 aromatic carbocycles. The van der Waals surface area contributed by atoms with Gasteiger partial charge in [0.2, 0.25) is 5.91 Å². The fourth-order valence-corrected chi connectivity index (χ4v) is 4.25. The van der Waals surface area contributed by atoms with Gasteiger partial charge in [0, 0.05) is 30.5 Å². The second kappa shape index (κ2) is 8.87. The van der Waals surface area contributed by atoms with Crippen LogP contribution in [-0.2, 0) is 24.2 Å². The maximum atomic E-state index is 13.1. The van der Waals surface area contributed by atoms with Gasteiger partial charge in [-0.05, 0) is 54.2 Å². The van der Waals surface area contributed by atoms with Crippen LogP contribution in [0.25, 0.3) is 0 Å². The van der Waals surface area contributed by atoms with Gasteiger partial charge in [-0.2, -0.15) is 0 Å². The molecular weight excluding hydrogens is 398 g/mol. The zero-order valence-corrected chi connectivity index (χ0v) is 18.0. The molecule has 32 heavy (non-hydrogen) atoms. The molecule has 2 aliphatic rings. The topological polar surface area (TPSA) is 61.4 Å². The zero-order chi connectivity index (χ0) is 21.9. The van der Waals surface area contributed by atoms with Crippen molar-refractivity contribution in [2.75, 3.05) is 16.8 Å². The lowest BCUT2D eigenvalue weighted by Crippen LogP contribution is -2.33. The van der Waals surface area contributed by atoms with Crippen LogP contribution in [0.3, 0.4) is 0 Å². The van der Waals surface area contributed by atoms with Gasteiger partial charge in [-0.3, -0.25) is 9.59 Å². The minimum Gasteiger partial charge on any atom is -0.366 e. The van der Waals surface area contributed by atoms with Crippen molar-refractivity contribution in [2.24, 2.45) is 0 Å². The van der Waals surface area contributed by atoms with E-state index in [2.05, 4.69) is 39.8 Å². The summed E-state index contributed by atoms with van der Waals surface area (Å²) in [4.78, 5) is 27.9. The number of rotatable bonds is 6. The highest BCUT2D eigenvalue weighted by Crippen LogP contribution is 2.30. The van der Waals surface area contributed by atoms with E-state index in [1.165, 1.54) is 11.1 Å². The molecule has 2 amide bonds. The predicted molar refractivity (Wildman–Crippen MR) is 127 cm³/mol. The zero-order valence-electron chi connectivity index (χ0n) is 18.0. The smallest absolute Gasteiger partial charge is 0.253 e. The largest absolute Gasteiger partial charge is 0.366 e. The summed E-state index contributed by atoms with van der Waals surface area (Å²) in [5.41, 5.74) is 5.81. The molecular formula is C27H27N3O2. The van der Waals surface area contributed by atoms with E-state index in [4.69, 9.17) is 0 Å².